The number of aryl methyl sites for hydroxylation is 1. The Bertz CT molecular complexity index is 1240. The molecule has 1 atom stereocenters. The lowest BCUT2D eigenvalue weighted by Crippen LogP contribution is -2.31. The molecular formula is C29H31N3O4. The van der Waals surface area contributed by atoms with Gasteiger partial charge in [-0.05, 0) is 47.7 Å². The zero-order valence-electron chi connectivity index (χ0n) is 20.6. The zero-order chi connectivity index (χ0) is 25.7. The van der Waals surface area contributed by atoms with Crippen LogP contribution in [0.1, 0.15) is 48.9 Å². The summed E-state index contributed by atoms with van der Waals surface area (Å²) in [5.41, 5.74) is 2.49. The molecule has 1 aromatic heterocycles. The van der Waals surface area contributed by atoms with Crippen LogP contribution in [0.3, 0.4) is 0 Å². The van der Waals surface area contributed by atoms with E-state index in [1.54, 1.807) is 47.8 Å². The zero-order valence-corrected chi connectivity index (χ0v) is 20.6. The van der Waals surface area contributed by atoms with Crippen LogP contribution < -0.4 is 4.74 Å². The van der Waals surface area contributed by atoms with E-state index >= 15 is 0 Å². The fourth-order valence-electron chi connectivity index (χ4n) is 4.38. The van der Waals surface area contributed by atoms with Crippen LogP contribution in [0.15, 0.2) is 85.5 Å². The van der Waals surface area contributed by atoms with Gasteiger partial charge in [-0.15, -0.1) is 0 Å². The first-order chi connectivity index (χ1) is 17.4. The fourth-order valence-corrected chi connectivity index (χ4v) is 4.38. The van der Waals surface area contributed by atoms with Gasteiger partial charge in [0.1, 0.15) is 18.1 Å². The molecule has 1 aliphatic heterocycles. The van der Waals surface area contributed by atoms with Crippen molar-refractivity contribution in [1.29, 1.82) is 0 Å². The van der Waals surface area contributed by atoms with E-state index in [1.165, 1.54) is 0 Å². The molecule has 1 N–H and O–H groups in total. The number of benzene rings is 2. The molecule has 0 spiro atoms. The summed E-state index contributed by atoms with van der Waals surface area (Å²) in [5.74, 6) is -0.514. The molecule has 1 fully saturated rings. The number of carbonyl (C=O) groups excluding carboxylic acids is 2. The predicted molar refractivity (Wildman–Crippen MR) is 139 cm³/mol. The van der Waals surface area contributed by atoms with Crippen LogP contribution >= 0.6 is 0 Å². The smallest absolute Gasteiger partial charge is 0.295 e. The number of aromatic nitrogens is 2. The standard InChI is InChI=1S/C29H31N3O4/c1-4-18-36-24-12-10-23(11-13-24)27(33)25-26(22-8-6-21(7-9-22)20(2)3)32(29(35)28(25)34)16-5-15-31-17-14-30-19-31/h4,6-14,17,19-20,26,33H,1,5,15-16,18H2,2-3H3/t26-/m0/s1. The van der Waals surface area contributed by atoms with Gasteiger partial charge in [0.15, 0.2) is 0 Å². The van der Waals surface area contributed by atoms with Crippen LogP contribution in [-0.4, -0.2) is 44.4 Å². The van der Waals surface area contributed by atoms with Crippen molar-refractivity contribution in [2.75, 3.05) is 13.2 Å². The third-order valence-corrected chi connectivity index (χ3v) is 6.33. The van der Waals surface area contributed by atoms with Gasteiger partial charge >= 0.3 is 0 Å². The maximum atomic E-state index is 13.2. The van der Waals surface area contributed by atoms with E-state index in [0.29, 0.717) is 43.3 Å². The number of carbonyl (C=O) groups is 2. The average molecular weight is 486 g/mol. The van der Waals surface area contributed by atoms with Crippen LogP contribution in [0, 0.1) is 0 Å². The maximum absolute atomic E-state index is 13.2. The molecule has 4 rings (SSSR count). The van der Waals surface area contributed by atoms with Crippen LogP contribution in [0.5, 0.6) is 5.75 Å². The van der Waals surface area contributed by atoms with Crippen LogP contribution in [-0.2, 0) is 16.1 Å². The van der Waals surface area contributed by atoms with Gasteiger partial charge in [-0.1, -0.05) is 50.8 Å². The van der Waals surface area contributed by atoms with Crippen molar-refractivity contribution in [2.45, 2.75) is 38.8 Å². The van der Waals surface area contributed by atoms with E-state index in [-0.39, 0.29) is 11.3 Å². The lowest BCUT2D eigenvalue weighted by Gasteiger charge is -2.26. The Morgan fingerprint density at radius 3 is 2.44 bits per heavy atom. The SMILES string of the molecule is C=CCOc1ccc(C(O)=C2C(=O)C(=O)N(CCCn3ccnc3)[C@H]2c2ccc(C(C)C)cc2)cc1. The normalized spacial score (nSPS) is 17.1. The number of hydrogen-bond acceptors (Lipinski definition) is 5. The Morgan fingerprint density at radius 2 is 1.83 bits per heavy atom. The molecule has 0 aliphatic carbocycles. The van der Waals surface area contributed by atoms with Gasteiger partial charge in [0.25, 0.3) is 11.7 Å². The highest BCUT2D eigenvalue weighted by Crippen LogP contribution is 2.40. The minimum atomic E-state index is -0.681. The molecule has 1 amide bonds. The van der Waals surface area contributed by atoms with Gasteiger partial charge in [-0.25, -0.2) is 4.98 Å². The molecule has 3 aromatic rings. The first-order valence-corrected chi connectivity index (χ1v) is 12.1. The third-order valence-electron chi connectivity index (χ3n) is 6.33. The maximum Gasteiger partial charge on any atom is 0.295 e. The Labute approximate surface area is 211 Å². The lowest BCUT2D eigenvalue weighted by atomic mass is 9.93. The summed E-state index contributed by atoms with van der Waals surface area (Å²) >= 11 is 0. The summed E-state index contributed by atoms with van der Waals surface area (Å²) in [5, 5.41) is 11.3. The van der Waals surface area contributed by atoms with Crippen molar-refractivity contribution in [1.82, 2.24) is 14.5 Å². The highest BCUT2D eigenvalue weighted by Gasteiger charge is 2.45. The third kappa shape index (κ3) is 5.25. The Balaban J connectivity index is 1.70. The lowest BCUT2D eigenvalue weighted by molar-refractivity contribution is -0.139. The van der Waals surface area contributed by atoms with E-state index in [9.17, 15) is 14.7 Å². The van der Waals surface area contributed by atoms with E-state index < -0.39 is 17.7 Å². The van der Waals surface area contributed by atoms with Gasteiger partial charge < -0.3 is 19.3 Å². The summed E-state index contributed by atoms with van der Waals surface area (Å²) in [6, 6.07) is 14.0. The molecule has 1 aliphatic rings. The molecule has 1 saturated heterocycles. The van der Waals surface area contributed by atoms with Crippen LogP contribution in [0.25, 0.3) is 5.76 Å². The number of ether oxygens (including phenoxy) is 1. The number of Topliss-reactive ketones (excluding diaryl/α,β-unsaturated/α-hetero) is 1. The Hall–Kier alpha value is -4.13. The number of likely N-dealkylation sites (tertiary alicyclic amines) is 1. The first-order valence-electron chi connectivity index (χ1n) is 12.1. The molecular weight excluding hydrogens is 454 g/mol. The largest absolute Gasteiger partial charge is 0.507 e. The van der Waals surface area contributed by atoms with Crippen LogP contribution in [0.4, 0.5) is 0 Å². The van der Waals surface area contributed by atoms with Gasteiger partial charge in [0, 0.05) is 31.0 Å². The minimum absolute atomic E-state index is 0.0969. The van der Waals surface area contributed by atoms with Crippen molar-refractivity contribution in [2.24, 2.45) is 0 Å². The number of amides is 1. The van der Waals surface area contributed by atoms with Crippen molar-refractivity contribution < 1.29 is 19.4 Å². The number of aliphatic hydroxyl groups excluding tert-OH is 1. The number of imidazole rings is 1. The topological polar surface area (TPSA) is 84.7 Å². The average Bonchev–Trinajstić information content (AvgIpc) is 3.50. The van der Waals surface area contributed by atoms with Crippen molar-refractivity contribution in [3.63, 3.8) is 0 Å². The summed E-state index contributed by atoms with van der Waals surface area (Å²) in [7, 11) is 0. The number of rotatable bonds is 10. The van der Waals surface area contributed by atoms with Gasteiger partial charge in [0.05, 0.1) is 17.9 Å². The Kier molecular flexibility index (Phi) is 7.68. The molecule has 7 nitrogen and oxygen atoms in total. The number of nitrogens with zero attached hydrogens (tertiary/aromatic N) is 3. The van der Waals surface area contributed by atoms with Gasteiger partial charge in [-0.3, -0.25) is 9.59 Å². The van der Waals surface area contributed by atoms with Crippen LogP contribution in [0.2, 0.25) is 0 Å². The van der Waals surface area contributed by atoms with Crippen molar-refractivity contribution in [3.05, 3.63) is 102 Å². The highest BCUT2D eigenvalue weighted by molar-refractivity contribution is 6.46. The summed E-state index contributed by atoms with van der Waals surface area (Å²) in [4.78, 5) is 32.0. The quantitative estimate of drug-likeness (QED) is 0.187. The number of hydrogen-bond donors (Lipinski definition) is 1. The molecule has 36 heavy (non-hydrogen) atoms. The molecule has 0 bridgehead atoms. The monoisotopic (exact) mass is 485 g/mol. The van der Waals surface area contributed by atoms with Crippen molar-refractivity contribution in [3.8, 4) is 5.75 Å². The molecule has 0 radical (unpaired) electrons. The second-order valence-electron chi connectivity index (χ2n) is 9.09. The second-order valence-corrected chi connectivity index (χ2v) is 9.09. The fraction of sp³-hybridized carbons (Fsp3) is 0.276. The van der Waals surface area contributed by atoms with Gasteiger partial charge in [0.2, 0.25) is 0 Å². The predicted octanol–water partition coefficient (Wildman–Crippen LogP) is 5.08. The molecule has 2 heterocycles. The van der Waals surface area contributed by atoms with E-state index in [2.05, 4.69) is 25.4 Å². The van der Waals surface area contributed by atoms with Crippen molar-refractivity contribution >= 4 is 17.4 Å². The molecule has 0 unspecified atom stereocenters. The molecule has 2 aromatic carbocycles. The first kappa shape index (κ1) is 25.0. The molecule has 7 heteroatoms. The van der Waals surface area contributed by atoms with Gasteiger partial charge in [-0.2, -0.15) is 0 Å². The summed E-state index contributed by atoms with van der Waals surface area (Å²) < 4.78 is 7.44. The number of ketones is 1. The summed E-state index contributed by atoms with van der Waals surface area (Å²) in [6.45, 7) is 9.24. The number of aliphatic hydroxyl groups is 1. The highest BCUT2D eigenvalue weighted by atomic mass is 16.5. The minimum Gasteiger partial charge on any atom is -0.507 e. The molecule has 0 saturated carbocycles. The van der Waals surface area contributed by atoms with E-state index in [1.807, 2.05) is 35.0 Å². The van der Waals surface area contributed by atoms with E-state index in [4.69, 9.17) is 4.74 Å². The summed E-state index contributed by atoms with van der Waals surface area (Å²) in [6.07, 6.45) is 7.57. The second kappa shape index (κ2) is 11.1. The molecule has 186 valence electrons. The van der Waals surface area contributed by atoms with E-state index in [0.717, 1.165) is 11.1 Å². The Morgan fingerprint density at radius 1 is 1.11 bits per heavy atom.